The Labute approximate surface area is 69.9 Å². The number of hydrogen-bond acceptors (Lipinski definition) is 2. The highest BCUT2D eigenvalue weighted by atomic mass is 19.4. The first-order chi connectivity index (χ1) is 5.33. The molecule has 0 aliphatic carbocycles. The summed E-state index contributed by atoms with van der Waals surface area (Å²) in [5, 5.41) is 0. The molecule has 0 amide bonds. The number of methoxy groups -OCH3 is 1. The normalized spacial score (nSPS) is 17.5. The van der Waals surface area contributed by atoms with Crippen LogP contribution in [0.1, 0.15) is 19.8 Å². The molecule has 0 saturated carbocycles. The van der Waals surface area contributed by atoms with Crippen molar-refractivity contribution in [2.24, 2.45) is 5.73 Å². The van der Waals surface area contributed by atoms with Gasteiger partial charge in [-0.1, -0.05) is 0 Å². The second-order valence-electron chi connectivity index (χ2n) is 2.98. The van der Waals surface area contributed by atoms with Crippen LogP contribution in [-0.4, -0.2) is 25.4 Å². The fourth-order valence-electron chi connectivity index (χ4n) is 0.992. The summed E-state index contributed by atoms with van der Waals surface area (Å²) in [4.78, 5) is 0. The Morgan fingerprint density at radius 1 is 1.33 bits per heavy atom. The zero-order valence-corrected chi connectivity index (χ0v) is 7.24. The third kappa shape index (κ3) is 4.56. The van der Waals surface area contributed by atoms with Crippen LogP contribution in [0.4, 0.5) is 13.2 Å². The molecule has 0 heterocycles. The largest absolute Gasteiger partial charge is 0.391 e. The first-order valence-corrected chi connectivity index (χ1v) is 3.65. The second kappa shape index (κ2) is 4.09. The van der Waals surface area contributed by atoms with Crippen molar-refractivity contribution in [2.45, 2.75) is 31.5 Å². The molecule has 5 heteroatoms. The fraction of sp³-hybridized carbons (Fsp3) is 1.00. The van der Waals surface area contributed by atoms with Gasteiger partial charge in [-0.05, 0) is 19.9 Å². The molecule has 0 rings (SSSR count). The van der Waals surface area contributed by atoms with Crippen molar-refractivity contribution in [3.05, 3.63) is 0 Å². The third-order valence-electron chi connectivity index (χ3n) is 1.74. The van der Waals surface area contributed by atoms with Crippen molar-refractivity contribution in [3.63, 3.8) is 0 Å². The van der Waals surface area contributed by atoms with Crippen molar-refractivity contribution < 1.29 is 17.9 Å². The quantitative estimate of drug-likeness (QED) is 0.723. The van der Waals surface area contributed by atoms with Crippen LogP contribution in [0.5, 0.6) is 0 Å². The van der Waals surface area contributed by atoms with E-state index in [1.54, 1.807) is 0 Å². The Morgan fingerprint density at radius 3 is 2.08 bits per heavy atom. The molecule has 0 aromatic carbocycles. The van der Waals surface area contributed by atoms with Gasteiger partial charge in [-0.25, -0.2) is 0 Å². The average Bonchev–Trinajstić information content (AvgIpc) is 1.84. The van der Waals surface area contributed by atoms with E-state index in [2.05, 4.69) is 0 Å². The summed E-state index contributed by atoms with van der Waals surface area (Å²) in [5.41, 5.74) is 3.99. The molecule has 0 aromatic rings. The van der Waals surface area contributed by atoms with Crippen molar-refractivity contribution in [1.29, 1.82) is 0 Å². The fourth-order valence-corrected chi connectivity index (χ4v) is 0.992. The van der Waals surface area contributed by atoms with E-state index in [9.17, 15) is 13.2 Å². The molecule has 0 radical (unpaired) electrons. The molecule has 0 aliphatic rings. The van der Waals surface area contributed by atoms with Crippen molar-refractivity contribution in [3.8, 4) is 0 Å². The molecular weight excluding hydrogens is 171 g/mol. The van der Waals surface area contributed by atoms with Gasteiger partial charge >= 0.3 is 6.18 Å². The van der Waals surface area contributed by atoms with E-state index in [0.717, 1.165) is 0 Å². The van der Waals surface area contributed by atoms with Crippen LogP contribution in [-0.2, 0) is 4.74 Å². The van der Waals surface area contributed by atoms with Crippen molar-refractivity contribution in [1.82, 2.24) is 0 Å². The van der Waals surface area contributed by atoms with Crippen LogP contribution >= 0.6 is 0 Å². The number of rotatable bonds is 4. The maximum absolute atomic E-state index is 11.9. The summed E-state index contributed by atoms with van der Waals surface area (Å²) >= 11 is 0. The Hall–Kier alpha value is -0.290. The summed E-state index contributed by atoms with van der Waals surface area (Å²) in [7, 11) is 1.27. The molecule has 1 unspecified atom stereocenters. The maximum atomic E-state index is 11.9. The van der Waals surface area contributed by atoms with Crippen LogP contribution in [0.2, 0.25) is 0 Å². The Bertz CT molecular complexity index is 137. The number of ether oxygens (including phenoxy) is 1. The summed E-state index contributed by atoms with van der Waals surface area (Å²) < 4.78 is 40.6. The molecule has 0 fully saturated rings. The zero-order valence-electron chi connectivity index (χ0n) is 7.24. The Balaban J connectivity index is 4.14. The van der Waals surface area contributed by atoms with Crippen LogP contribution < -0.4 is 5.73 Å². The molecule has 1 atom stereocenters. The van der Waals surface area contributed by atoms with Gasteiger partial charge in [0.25, 0.3) is 0 Å². The lowest BCUT2D eigenvalue weighted by molar-refractivity contribution is -0.179. The minimum absolute atomic E-state index is 0.195. The van der Waals surface area contributed by atoms with E-state index in [0.29, 0.717) is 0 Å². The van der Waals surface area contributed by atoms with E-state index < -0.39 is 18.2 Å². The third-order valence-corrected chi connectivity index (χ3v) is 1.74. The van der Waals surface area contributed by atoms with E-state index in [-0.39, 0.29) is 13.0 Å². The minimum atomic E-state index is -4.19. The molecule has 0 spiro atoms. The van der Waals surface area contributed by atoms with E-state index in [1.165, 1.54) is 14.0 Å². The summed E-state index contributed by atoms with van der Waals surface area (Å²) in [6, 6.07) is 0. The maximum Gasteiger partial charge on any atom is 0.391 e. The molecule has 0 aromatic heterocycles. The van der Waals surface area contributed by atoms with Crippen molar-refractivity contribution >= 4 is 0 Å². The first kappa shape index (κ1) is 11.7. The minimum Gasteiger partial charge on any atom is -0.378 e. The van der Waals surface area contributed by atoms with Gasteiger partial charge in [0, 0.05) is 7.11 Å². The van der Waals surface area contributed by atoms with Gasteiger partial charge in [-0.3, -0.25) is 0 Å². The van der Waals surface area contributed by atoms with Crippen LogP contribution in [0.3, 0.4) is 0 Å². The Kier molecular flexibility index (Phi) is 3.99. The van der Waals surface area contributed by atoms with Gasteiger partial charge < -0.3 is 10.5 Å². The smallest absolute Gasteiger partial charge is 0.378 e. The van der Waals surface area contributed by atoms with Gasteiger partial charge in [0.15, 0.2) is 0 Å². The van der Waals surface area contributed by atoms with Crippen LogP contribution in [0.25, 0.3) is 0 Å². The predicted molar refractivity (Wildman–Crippen MR) is 39.8 cm³/mol. The lowest BCUT2D eigenvalue weighted by Crippen LogP contribution is -2.35. The highest BCUT2D eigenvalue weighted by Crippen LogP contribution is 2.31. The first-order valence-electron chi connectivity index (χ1n) is 3.65. The van der Waals surface area contributed by atoms with Gasteiger partial charge in [0.1, 0.15) is 0 Å². The Morgan fingerprint density at radius 2 is 1.83 bits per heavy atom. The number of alkyl halides is 3. The van der Waals surface area contributed by atoms with E-state index in [1.807, 2.05) is 0 Å². The van der Waals surface area contributed by atoms with Crippen LogP contribution in [0, 0.1) is 0 Å². The summed E-state index contributed by atoms with van der Waals surface area (Å²) in [6.45, 7) is 1.60. The molecule has 0 aliphatic heterocycles. The lowest BCUT2D eigenvalue weighted by atomic mass is 9.97. The SMILES string of the molecule is COC(C)(CCN)CC(F)(F)F. The van der Waals surface area contributed by atoms with Crippen molar-refractivity contribution in [2.75, 3.05) is 13.7 Å². The highest BCUT2D eigenvalue weighted by molar-refractivity contribution is 4.78. The molecule has 2 N–H and O–H groups in total. The summed E-state index contributed by atoms with van der Waals surface area (Å²) in [5.74, 6) is 0. The lowest BCUT2D eigenvalue weighted by Gasteiger charge is -2.28. The molecule has 0 bridgehead atoms. The van der Waals surface area contributed by atoms with E-state index >= 15 is 0 Å². The molecule has 2 nitrogen and oxygen atoms in total. The second-order valence-corrected chi connectivity index (χ2v) is 2.98. The topological polar surface area (TPSA) is 35.2 Å². The van der Waals surface area contributed by atoms with Crippen LogP contribution in [0.15, 0.2) is 0 Å². The standard InChI is InChI=1S/C7H14F3NO/c1-6(12-2,3-4-11)5-7(8,9)10/h3-5,11H2,1-2H3. The number of halogens is 3. The van der Waals surface area contributed by atoms with Gasteiger partial charge in [0.2, 0.25) is 0 Å². The van der Waals surface area contributed by atoms with E-state index in [4.69, 9.17) is 10.5 Å². The molecule has 12 heavy (non-hydrogen) atoms. The van der Waals surface area contributed by atoms with Gasteiger partial charge in [-0.2, -0.15) is 13.2 Å². The average molecular weight is 185 g/mol. The zero-order chi connectivity index (χ0) is 9.83. The number of nitrogens with two attached hydrogens (primary N) is 1. The molecular formula is C7H14F3NO. The molecule has 74 valence electrons. The summed E-state index contributed by atoms with van der Waals surface area (Å²) in [6.07, 6.45) is -4.93. The predicted octanol–water partition coefficient (Wildman–Crippen LogP) is 1.69. The van der Waals surface area contributed by atoms with Gasteiger partial charge in [-0.15, -0.1) is 0 Å². The molecule has 0 saturated heterocycles. The van der Waals surface area contributed by atoms with Gasteiger partial charge in [0.05, 0.1) is 12.0 Å². The highest BCUT2D eigenvalue weighted by Gasteiger charge is 2.38. The number of hydrogen-bond donors (Lipinski definition) is 1. The monoisotopic (exact) mass is 185 g/mol.